The minimum atomic E-state index is -1.15. The first-order chi connectivity index (χ1) is 14.5. The maximum atomic E-state index is 13.6. The van der Waals surface area contributed by atoms with Gasteiger partial charge >= 0.3 is 0 Å². The molecule has 2 unspecified atom stereocenters. The zero-order valence-corrected chi connectivity index (χ0v) is 17.9. The lowest BCUT2D eigenvalue weighted by Crippen LogP contribution is -2.49. The predicted octanol–water partition coefficient (Wildman–Crippen LogP) is 3.46. The van der Waals surface area contributed by atoms with Crippen molar-refractivity contribution in [2.45, 2.75) is 32.5 Å². The molecule has 0 saturated heterocycles. The fraction of sp³-hybridized carbons (Fsp3) is 0.333. The van der Waals surface area contributed by atoms with Crippen LogP contribution in [-0.2, 0) is 0 Å². The van der Waals surface area contributed by atoms with E-state index in [1.165, 1.54) is 12.1 Å². The van der Waals surface area contributed by atoms with Crippen LogP contribution in [0.1, 0.15) is 42.2 Å². The van der Waals surface area contributed by atoms with Crippen molar-refractivity contribution in [3.8, 4) is 0 Å². The number of rotatable bonds is 7. The number of benzene rings is 2. The summed E-state index contributed by atoms with van der Waals surface area (Å²) < 4.78 is 40.1. The van der Waals surface area contributed by atoms with E-state index in [1.54, 1.807) is 6.07 Å². The van der Waals surface area contributed by atoms with Crippen LogP contribution in [-0.4, -0.2) is 24.6 Å². The number of hydrogen-bond donors (Lipinski definition) is 4. The number of nitrogens with one attached hydrogen (secondary N) is 2. The molecule has 0 aliphatic carbocycles. The minimum absolute atomic E-state index is 0.0559. The van der Waals surface area contributed by atoms with Crippen molar-refractivity contribution < 1.29 is 18.0 Å². The first-order valence-corrected chi connectivity index (χ1v) is 9.98. The van der Waals surface area contributed by atoms with Crippen molar-refractivity contribution in [3.63, 3.8) is 0 Å². The molecule has 0 aliphatic rings. The minimum Gasteiger partial charge on any atom is -0.356 e. The molecule has 31 heavy (non-hydrogen) atoms. The van der Waals surface area contributed by atoms with Crippen LogP contribution in [0.4, 0.5) is 13.2 Å². The van der Waals surface area contributed by atoms with Gasteiger partial charge in [-0.1, -0.05) is 25.4 Å². The summed E-state index contributed by atoms with van der Waals surface area (Å²) in [7, 11) is 0. The van der Waals surface area contributed by atoms with E-state index >= 15 is 0 Å². The quantitative estimate of drug-likeness (QED) is 0.291. The lowest BCUT2D eigenvalue weighted by molar-refractivity contribution is 0.100. The standard InChI is InChI=1S/C21H25ClF3N5O/c1-11(2)10-28-21(30-20(31)12-3-4-16(24)17(25)7-12)29-19(27)9-18(26)13-5-14(22)8-15(23)6-13/h3-8,11,18-19H,9-10,26-27H2,1-2H3,(H2,28,29,30,31). The third kappa shape index (κ3) is 7.86. The lowest BCUT2D eigenvalue weighted by Gasteiger charge is -2.22. The number of amides is 1. The van der Waals surface area contributed by atoms with E-state index in [1.807, 2.05) is 13.8 Å². The van der Waals surface area contributed by atoms with Crippen molar-refractivity contribution in [3.05, 3.63) is 70.0 Å². The van der Waals surface area contributed by atoms with E-state index in [0.29, 0.717) is 12.1 Å². The Morgan fingerprint density at radius 3 is 2.42 bits per heavy atom. The second kappa shape index (κ2) is 11.1. The first kappa shape index (κ1) is 24.6. The summed E-state index contributed by atoms with van der Waals surface area (Å²) in [4.78, 5) is 16.3. The van der Waals surface area contributed by atoms with E-state index in [-0.39, 0.29) is 28.9 Å². The topological polar surface area (TPSA) is 106 Å². The number of hydrogen-bond acceptors (Lipinski definition) is 3. The monoisotopic (exact) mass is 455 g/mol. The number of aliphatic imine (C=N–C) groups is 1. The second-order valence-corrected chi connectivity index (χ2v) is 7.90. The van der Waals surface area contributed by atoms with Gasteiger partial charge in [-0.2, -0.15) is 4.99 Å². The highest BCUT2D eigenvalue weighted by Crippen LogP contribution is 2.21. The van der Waals surface area contributed by atoms with Gasteiger partial charge in [-0.15, -0.1) is 0 Å². The summed E-state index contributed by atoms with van der Waals surface area (Å²) in [6.45, 7) is 4.37. The Morgan fingerprint density at radius 1 is 1.10 bits per heavy atom. The highest BCUT2D eigenvalue weighted by Gasteiger charge is 2.16. The summed E-state index contributed by atoms with van der Waals surface area (Å²) in [6.07, 6.45) is -0.588. The van der Waals surface area contributed by atoms with Gasteiger partial charge in [0.15, 0.2) is 11.6 Å². The van der Waals surface area contributed by atoms with Crippen LogP contribution in [0.25, 0.3) is 0 Å². The van der Waals surface area contributed by atoms with E-state index in [9.17, 15) is 18.0 Å². The van der Waals surface area contributed by atoms with Crippen molar-refractivity contribution >= 4 is 23.5 Å². The molecule has 6 N–H and O–H groups in total. The third-order valence-electron chi connectivity index (χ3n) is 4.20. The molecule has 168 valence electrons. The molecule has 0 heterocycles. The average molecular weight is 456 g/mol. The van der Waals surface area contributed by atoms with Gasteiger partial charge in [0.2, 0.25) is 5.96 Å². The lowest BCUT2D eigenvalue weighted by atomic mass is 10.0. The SMILES string of the molecule is CC(C)CN/C(=N/C(=O)c1ccc(F)c(F)c1)NC(N)CC(N)c1cc(F)cc(Cl)c1. The molecule has 0 fully saturated rings. The molecule has 6 nitrogen and oxygen atoms in total. The number of halogens is 4. The fourth-order valence-electron chi connectivity index (χ4n) is 2.65. The molecule has 2 atom stereocenters. The zero-order valence-electron chi connectivity index (χ0n) is 17.1. The maximum absolute atomic E-state index is 13.6. The molecule has 2 rings (SSSR count). The summed E-state index contributed by atoms with van der Waals surface area (Å²) in [5.41, 5.74) is 12.5. The smallest absolute Gasteiger partial charge is 0.280 e. The molecule has 0 bridgehead atoms. The predicted molar refractivity (Wildman–Crippen MR) is 115 cm³/mol. The largest absolute Gasteiger partial charge is 0.356 e. The van der Waals surface area contributed by atoms with Crippen LogP contribution >= 0.6 is 11.6 Å². The van der Waals surface area contributed by atoms with Crippen LogP contribution in [0.3, 0.4) is 0 Å². The Labute approximate surface area is 183 Å². The maximum Gasteiger partial charge on any atom is 0.280 e. The molecule has 1 amide bonds. The molecule has 10 heteroatoms. The second-order valence-electron chi connectivity index (χ2n) is 7.47. The van der Waals surface area contributed by atoms with Crippen LogP contribution in [0.15, 0.2) is 41.4 Å². The fourth-order valence-corrected chi connectivity index (χ4v) is 2.88. The summed E-state index contributed by atoms with van der Waals surface area (Å²) >= 11 is 5.86. The summed E-state index contributed by atoms with van der Waals surface area (Å²) in [5.74, 6) is -3.24. The van der Waals surface area contributed by atoms with E-state index < -0.39 is 35.6 Å². The highest BCUT2D eigenvalue weighted by molar-refractivity contribution is 6.30. The third-order valence-corrected chi connectivity index (χ3v) is 4.42. The average Bonchev–Trinajstić information content (AvgIpc) is 2.67. The van der Waals surface area contributed by atoms with Gasteiger partial charge in [-0.25, -0.2) is 13.2 Å². The van der Waals surface area contributed by atoms with Gasteiger partial charge in [0.25, 0.3) is 5.91 Å². The van der Waals surface area contributed by atoms with Gasteiger partial charge in [0.05, 0.1) is 6.17 Å². The molecule has 0 aromatic heterocycles. The molecule has 0 aliphatic heterocycles. The molecule has 0 radical (unpaired) electrons. The Balaban J connectivity index is 2.13. The molecule has 0 saturated carbocycles. The van der Waals surface area contributed by atoms with Crippen LogP contribution in [0.5, 0.6) is 0 Å². The van der Waals surface area contributed by atoms with Crippen molar-refractivity contribution in [1.29, 1.82) is 0 Å². The molecule has 0 spiro atoms. The molecule has 2 aromatic rings. The van der Waals surface area contributed by atoms with Gasteiger partial charge in [0, 0.05) is 23.2 Å². The number of nitrogens with two attached hydrogens (primary N) is 2. The normalized spacial score (nSPS) is 13.8. The van der Waals surface area contributed by atoms with Crippen LogP contribution < -0.4 is 22.1 Å². The zero-order chi connectivity index (χ0) is 23.1. The van der Waals surface area contributed by atoms with Crippen LogP contribution in [0.2, 0.25) is 5.02 Å². The van der Waals surface area contributed by atoms with Gasteiger partial charge in [-0.3, -0.25) is 4.79 Å². The van der Waals surface area contributed by atoms with Crippen molar-refractivity contribution in [2.24, 2.45) is 22.4 Å². The number of nitrogens with zero attached hydrogens (tertiary/aromatic N) is 1. The Kier molecular flexibility index (Phi) is 8.85. The Hall–Kier alpha value is -2.62. The highest BCUT2D eigenvalue weighted by atomic mass is 35.5. The summed E-state index contributed by atoms with van der Waals surface area (Å²) in [6, 6.07) is 6.09. The van der Waals surface area contributed by atoms with Crippen molar-refractivity contribution in [1.82, 2.24) is 10.6 Å². The van der Waals surface area contributed by atoms with Gasteiger partial charge in [0.1, 0.15) is 5.82 Å². The van der Waals surface area contributed by atoms with E-state index in [2.05, 4.69) is 15.6 Å². The molecule has 2 aromatic carbocycles. The number of carbonyl (C=O) groups is 1. The van der Waals surface area contributed by atoms with Crippen molar-refractivity contribution in [2.75, 3.05) is 6.54 Å². The van der Waals surface area contributed by atoms with Crippen LogP contribution in [0, 0.1) is 23.4 Å². The number of carbonyl (C=O) groups excluding carboxylic acids is 1. The Morgan fingerprint density at radius 2 is 1.81 bits per heavy atom. The van der Waals surface area contributed by atoms with E-state index in [0.717, 1.165) is 18.2 Å². The van der Waals surface area contributed by atoms with E-state index in [4.69, 9.17) is 23.1 Å². The first-order valence-electron chi connectivity index (χ1n) is 9.60. The van der Waals surface area contributed by atoms with Gasteiger partial charge < -0.3 is 22.1 Å². The molecular weight excluding hydrogens is 431 g/mol. The Bertz CT molecular complexity index is 934. The number of guanidine groups is 1. The van der Waals surface area contributed by atoms with Gasteiger partial charge in [-0.05, 0) is 54.3 Å². The summed E-state index contributed by atoms with van der Waals surface area (Å²) in [5, 5.41) is 6.02. The molecular formula is C21H25ClF3N5O.